The molecule has 0 saturated carbocycles. The zero-order valence-electron chi connectivity index (χ0n) is 9.45. The van der Waals surface area contributed by atoms with Crippen LogP contribution in [0.15, 0.2) is 42.5 Å². The van der Waals surface area contributed by atoms with Crippen LogP contribution in [0.5, 0.6) is 0 Å². The van der Waals surface area contributed by atoms with Gasteiger partial charge in [-0.3, -0.25) is 0 Å². The van der Waals surface area contributed by atoms with E-state index in [0.29, 0.717) is 16.7 Å². The van der Waals surface area contributed by atoms with Crippen molar-refractivity contribution in [2.45, 2.75) is 13.0 Å². The molecule has 0 aliphatic rings. The third-order valence-electron chi connectivity index (χ3n) is 2.76. The van der Waals surface area contributed by atoms with Gasteiger partial charge in [0, 0.05) is 0 Å². The fourth-order valence-electron chi connectivity index (χ4n) is 1.70. The Bertz CT molecular complexity index is 537. The molecule has 2 N–H and O–H groups in total. The van der Waals surface area contributed by atoms with Crippen LogP contribution >= 0.6 is 0 Å². The summed E-state index contributed by atoms with van der Waals surface area (Å²) in [6, 6.07) is 10.3. The molecule has 0 aliphatic carbocycles. The van der Waals surface area contributed by atoms with Crippen molar-refractivity contribution < 1.29 is 8.78 Å². The minimum Gasteiger partial charge on any atom is -0.320 e. The van der Waals surface area contributed by atoms with Crippen molar-refractivity contribution in [1.29, 1.82) is 0 Å². The van der Waals surface area contributed by atoms with E-state index in [2.05, 4.69) is 0 Å². The number of halogens is 2. The first kappa shape index (κ1) is 11.7. The molecule has 0 amide bonds. The van der Waals surface area contributed by atoms with Crippen molar-refractivity contribution in [2.24, 2.45) is 5.73 Å². The summed E-state index contributed by atoms with van der Waals surface area (Å²) in [6.45, 7) is 1.69. The van der Waals surface area contributed by atoms with Gasteiger partial charge in [-0.15, -0.1) is 0 Å². The Labute approximate surface area is 98.9 Å². The Morgan fingerprint density at radius 1 is 1.00 bits per heavy atom. The highest BCUT2D eigenvalue weighted by Gasteiger charge is 2.11. The van der Waals surface area contributed by atoms with Gasteiger partial charge in [0.15, 0.2) is 0 Å². The number of benzene rings is 2. The molecule has 0 spiro atoms. The zero-order valence-corrected chi connectivity index (χ0v) is 9.45. The van der Waals surface area contributed by atoms with E-state index in [1.807, 2.05) is 0 Å². The first-order valence-corrected chi connectivity index (χ1v) is 5.35. The highest BCUT2D eigenvalue weighted by Crippen LogP contribution is 2.21. The lowest BCUT2D eigenvalue weighted by molar-refractivity contribution is 0.613. The topological polar surface area (TPSA) is 26.0 Å². The molecule has 2 rings (SSSR count). The molecule has 3 heteroatoms. The van der Waals surface area contributed by atoms with Crippen LogP contribution < -0.4 is 5.73 Å². The zero-order chi connectivity index (χ0) is 12.4. The first-order valence-electron chi connectivity index (χ1n) is 5.35. The Hall–Kier alpha value is -1.74. The van der Waals surface area contributed by atoms with Gasteiger partial charge in [0.05, 0.1) is 6.04 Å². The van der Waals surface area contributed by atoms with Crippen LogP contribution in [0.25, 0.3) is 0 Å². The fraction of sp³-hybridized carbons (Fsp3) is 0.143. The van der Waals surface area contributed by atoms with Crippen LogP contribution in [-0.2, 0) is 0 Å². The highest BCUT2D eigenvalue weighted by molar-refractivity contribution is 5.33. The molecule has 0 saturated heterocycles. The highest BCUT2D eigenvalue weighted by atomic mass is 19.1. The number of hydrogen-bond acceptors (Lipinski definition) is 1. The van der Waals surface area contributed by atoms with Gasteiger partial charge in [0.1, 0.15) is 11.6 Å². The van der Waals surface area contributed by atoms with Crippen molar-refractivity contribution in [3.8, 4) is 0 Å². The van der Waals surface area contributed by atoms with E-state index in [1.54, 1.807) is 31.2 Å². The lowest BCUT2D eigenvalue weighted by atomic mass is 9.98. The standard InChI is InChI=1S/C14H13F2N/c1-9-5-6-11(8-13(9)16)14(17)10-3-2-4-12(15)7-10/h2-8,14H,17H2,1H3. The minimum atomic E-state index is -0.513. The van der Waals surface area contributed by atoms with Crippen LogP contribution in [0, 0.1) is 18.6 Å². The summed E-state index contributed by atoms with van der Waals surface area (Å²) in [5.74, 6) is -0.639. The van der Waals surface area contributed by atoms with E-state index in [0.717, 1.165) is 0 Å². The fourth-order valence-corrected chi connectivity index (χ4v) is 1.70. The summed E-state index contributed by atoms with van der Waals surface area (Å²) >= 11 is 0. The van der Waals surface area contributed by atoms with Gasteiger partial charge >= 0.3 is 0 Å². The molecule has 0 radical (unpaired) electrons. The quantitative estimate of drug-likeness (QED) is 0.846. The van der Waals surface area contributed by atoms with Crippen molar-refractivity contribution in [3.63, 3.8) is 0 Å². The average Bonchev–Trinajstić information content (AvgIpc) is 2.32. The maximum atomic E-state index is 13.4. The smallest absolute Gasteiger partial charge is 0.126 e. The predicted molar refractivity (Wildman–Crippen MR) is 63.6 cm³/mol. The lowest BCUT2D eigenvalue weighted by Crippen LogP contribution is -2.12. The van der Waals surface area contributed by atoms with Crippen LogP contribution in [0.1, 0.15) is 22.7 Å². The Morgan fingerprint density at radius 3 is 2.35 bits per heavy atom. The molecule has 2 aromatic rings. The summed E-state index contributed by atoms with van der Waals surface area (Å²) in [5.41, 5.74) is 7.81. The van der Waals surface area contributed by atoms with Gasteiger partial charge < -0.3 is 5.73 Å². The van der Waals surface area contributed by atoms with Gasteiger partial charge in [-0.05, 0) is 41.8 Å². The van der Waals surface area contributed by atoms with E-state index in [4.69, 9.17) is 5.73 Å². The SMILES string of the molecule is Cc1ccc(C(N)c2cccc(F)c2)cc1F. The van der Waals surface area contributed by atoms with E-state index in [-0.39, 0.29) is 11.6 Å². The molecular weight excluding hydrogens is 220 g/mol. The van der Waals surface area contributed by atoms with Gasteiger partial charge in [0.25, 0.3) is 0 Å². The number of aryl methyl sites for hydroxylation is 1. The molecule has 0 aliphatic heterocycles. The average molecular weight is 233 g/mol. The molecule has 1 unspecified atom stereocenters. The second-order valence-electron chi connectivity index (χ2n) is 4.04. The third kappa shape index (κ3) is 2.50. The number of hydrogen-bond donors (Lipinski definition) is 1. The molecule has 1 atom stereocenters. The first-order chi connectivity index (χ1) is 8.08. The molecule has 0 bridgehead atoms. The van der Waals surface area contributed by atoms with E-state index < -0.39 is 6.04 Å². The maximum Gasteiger partial charge on any atom is 0.126 e. The van der Waals surface area contributed by atoms with Crippen LogP contribution in [0.4, 0.5) is 8.78 Å². The summed E-state index contributed by atoms with van der Waals surface area (Å²) in [4.78, 5) is 0. The van der Waals surface area contributed by atoms with Gasteiger partial charge in [0.2, 0.25) is 0 Å². The number of nitrogens with two attached hydrogens (primary N) is 1. The molecule has 2 aromatic carbocycles. The Morgan fingerprint density at radius 2 is 1.71 bits per heavy atom. The molecule has 0 fully saturated rings. The van der Waals surface area contributed by atoms with E-state index in [9.17, 15) is 8.78 Å². The summed E-state index contributed by atoms with van der Waals surface area (Å²) in [6.07, 6.45) is 0. The second kappa shape index (κ2) is 4.63. The molecule has 17 heavy (non-hydrogen) atoms. The van der Waals surface area contributed by atoms with Gasteiger partial charge in [-0.25, -0.2) is 8.78 Å². The van der Waals surface area contributed by atoms with Crippen molar-refractivity contribution >= 4 is 0 Å². The maximum absolute atomic E-state index is 13.4. The van der Waals surface area contributed by atoms with Crippen LogP contribution in [0.3, 0.4) is 0 Å². The van der Waals surface area contributed by atoms with Gasteiger partial charge in [-0.2, -0.15) is 0 Å². The van der Waals surface area contributed by atoms with Crippen LogP contribution in [0.2, 0.25) is 0 Å². The van der Waals surface area contributed by atoms with E-state index >= 15 is 0 Å². The lowest BCUT2D eigenvalue weighted by Gasteiger charge is -2.13. The minimum absolute atomic E-state index is 0.297. The van der Waals surface area contributed by atoms with Crippen LogP contribution in [-0.4, -0.2) is 0 Å². The van der Waals surface area contributed by atoms with Crippen molar-refractivity contribution in [3.05, 3.63) is 70.8 Å². The largest absolute Gasteiger partial charge is 0.320 e. The summed E-state index contributed by atoms with van der Waals surface area (Å²) in [5, 5.41) is 0. The number of rotatable bonds is 2. The van der Waals surface area contributed by atoms with Crippen molar-refractivity contribution in [2.75, 3.05) is 0 Å². The second-order valence-corrected chi connectivity index (χ2v) is 4.04. The molecule has 0 aromatic heterocycles. The Balaban J connectivity index is 2.36. The van der Waals surface area contributed by atoms with Crippen molar-refractivity contribution in [1.82, 2.24) is 0 Å². The molecular formula is C14H13F2N. The normalized spacial score (nSPS) is 12.5. The summed E-state index contributed by atoms with van der Waals surface area (Å²) < 4.78 is 26.5. The summed E-state index contributed by atoms with van der Waals surface area (Å²) in [7, 11) is 0. The van der Waals surface area contributed by atoms with E-state index in [1.165, 1.54) is 18.2 Å². The molecule has 1 nitrogen and oxygen atoms in total. The molecule has 88 valence electrons. The van der Waals surface area contributed by atoms with Gasteiger partial charge in [-0.1, -0.05) is 24.3 Å². The third-order valence-corrected chi connectivity index (χ3v) is 2.76. The Kier molecular flexibility index (Phi) is 3.20. The monoisotopic (exact) mass is 233 g/mol. The predicted octanol–water partition coefficient (Wildman–Crippen LogP) is 3.32. The molecule has 0 heterocycles.